The number of fused-ring (bicyclic) bond motifs is 1. The normalized spacial score (nSPS) is 14.6. The highest BCUT2D eigenvalue weighted by atomic mass is 32.1. The molecule has 0 spiro atoms. The van der Waals surface area contributed by atoms with Crippen LogP contribution in [0.5, 0.6) is 5.75 Å². The van der Waals surface area contributed by atoms with E-state index in [9.17, 15) is 4.79 Å². The second kappa shape index (κ2) is 8.16. The Bertz CT molecular complexity index is 1170. The molecule has 0 amide bonds. The van der Waals surface area contributed by atoms with Gasteiger partial charge in [-0.15, -0.1) is 21.5 Å². The molecule has 0 saturated heterocycles. The molecule has 7 heteroatoms. The smallest absolute Gasteiger partial charge is 0.348 e. The fourth-order valence-electron chi connectivity index (χ4n) is 4.04. The van der Waals surface area contributed by atoms with E-state index in [1.807, 2.05) is 26.0 Å². The number of aromatic nitrogens is 2. The van der Waals surface area contributed by atoms with Crippen LogP contribution in [0.25, 0.3) is 27.0 Å². The summed E-state index contributed by atoms with van der Waals surface area (Å²) in [7, 11) is 5.15. The van der Waals surface area contributed by atoms with Gasteiger partial charge in [0.1, 0.15) is 16.1 Å². The Hall–Kier alpha value is -2.77. The molecule has 0 fully saturated rings. The number of carbonyl (C=O) groups excluding carboxylic acids is 1. The number of ether oxygens (including phenoxy) is 2. The van der Waals surface area contributed by atoms with E-state index in [-0.39, 0.29) is 5.97 Å². The molecule has 0 N–H and O–H groups in total. The van der Waals surface area contributed by atoms with Crippen molar-refractivity contribution in [3.8, 4) is 17.0 Å². The number of benzene rings is 1. The number of methoxy groups -OCH3 is 2. The van der Waals surface area contributed by atoms with Gasteiger partial charge in [-0.1, -0.05) is 12.1 Å². The summed E-state index contributed by atoms with van der Waals surface area (Å²) < 4.78 is 11.6. The van der Waals surface area contributed by atoms with E-state index in [4.69, 9.17) is 9.47 Å². The lowest BCUT2D eigenvalue weighted by atomic mass is 9.99. The summed E-state index contributed by atoms with van der Waals surface area (Å²) in [4.78, 5) is 15.4. The number of likely N-dealkylation sites (N-methyl/N-ethyl adjacent to an activating group) is 1. The van der Waals surface area contributed by atoms with Crippen LogP contribution in [0, 0.1) is 13.8 Å². The lowest BCUT2D eigenvalue weighted by Gasteiger charge is -2.23. The van der Waals surface area contributed by atoms with Crippen molar-refractivity contribution in [1.82, 2.24) is 15.1 Å². The zero-order valence-electron chi connectivity index (χ0n) is 17.9. The lowest BCUT2D eigenvalue weighted by molar-refractivity contribution is 0.0606. The monoisotopic (exact) mass is 423 g/mol. The van der Waals surface area contributed by atoms with Gasteiger partial charge < -0.3 is 14.4 Å². The molecule has 4 rings (SSSR count). The van der Waals surface area contributed by atoms with Crippen molar-refractivity contribution in [2.24, 2.45) is 0 Å². The molecule has 0 unspecified atom stereocenters. The maximum atomic E-state index is 12.6. The third-order valence-electron chi connectivity index (χ3n) is 5.39. The van der Waals surface area contributed by atoms with Gasteiger partial charge in [0.15, 0.2) is 0 Å². The molecule has 1 aromatic carbocycles. The summed E-state index contributed by atoms with van der Waals surface area (Å²) in [6.07, 6.45) is 3.13. The first-order valence-corrected chi connectivity index (χ1v) is 10.7. The van der Waals surface area contributed by atoms with E-state index in [2.05, 4.69) is 34.3 Å². The second-order valence-corrected chi connectivity index (χ2v) is 8.71. The third-order valence-corrected chi connectivity index (χ3v) is 6.49. The summed E-state index contributed by atoms with van der Waals surface area (Å²) >= 11 is 1.41. The van der Waals surface area contributed by atoms with Crippen molar-refractivity contribution in [2.75, 3.05) is 34.4 Å². The van der Waals surface area contributed by atoms with Gasteiger partial charge in [0, 0.05) is 24.2 Å². The molecule has 0 aliphatic carbocycles. The molecule has 0 atom stereocenters. The van der Waals surface area contributed by atoms with Crippen LogP contribution < -0.4 is 4.74 Å². The van der Waals surface area contributed by atoms with Crippen molar-refractivity contribution in [2.45, 2.75) is 20.3 Å². The molecule has 2 aromatic heterocycles. The highest BCUT2D eigenvalue weighted by Gasteiger charge is 2.26. The summed E-state index contributed by atoms with van der Waals surface area (Å²) in [6, 6.07) is 6.10. The van der Waals surface area contributed by atoms with E-state index in [0.717, 1.165) is 69.0 Å². The Kier molecular flexibility index (Phi) is 5.58. The highest BCUT2D eigenvalue weighted by molar-refractivity contribution is 7.21. The number of hydrogen-bond donors (Lipinski definition) is 0. The molecular weight excluding hydrogens is 398 g/mol. The molecule has 0 saturated carbocycles. The standard InChI is InChI=1S/C23H25N3O3S/c1-13-9-14(2)19(17(10-13)28-4)16-11-18-21(25-24-16)20(22(30-18)23(27)29-5)15-7-6-8-26(3)12-15/h7,9-11H,6,8,12H2,1-5H3. The molecule has 30 heavy (non-hydrogen) atoms. The Morgan fingerprint density at radius 1 is 1.13 bits per heavy atom. The van der Waals surface area contributed by atoms with Crippen LogP contribution in [0.1, 0.15) is 32.8 Å². The fourth-order valence-corrected chi connectivity index (χ4v) is 5.17. The Labute approximate surface area is 180 Å². The average molecular weight is 424 g/mol. The van der Waals surface area contributed by atoms with Gasteiger partial charge in [0.2, 0.25) is 0 Å². The molecule has 1 aliphatic rings. The van der Waals surface area contributed by atoms with Crippen molar-refractivity contribution >= 4 is 33.1 Å². The molecule has 3 aromatic rings. The minimum Gasteiger partial charge on any atom is -0.496 e. The Morgan fingerprint density at radius 3 is 2.63 bits per heavy atom. The first-order chi connectivity index (χ1) is 14.4. The number of rotatable bonds is 4. The van der Waals surface area contributed by atoms with E-state index >= 15 is 0 Å². The van der Waals surface area contributed by atoms with E-state index in [1.165, 1.54) is 18.4 Å². The number of hydrogen-bond acceptors (Lipinski definition) is 7. The van der Waals surface area contributed by atoms with Crippen LogP contribution in [-0.2, 0) is 4.74 Å². The van der Waals surface area contributed by atoms with Crippen LogP contribution in [0.2, 0.25) is 0 Å². The lowest BCUT2D eigenvalue weighted by Crippen LogP contribution is -2.25. The van der Waals surface area contributed by atoms with Crippen molar-refractivity contribution < 1.29 is 14.3 Å². The molecule has 0 radical (unpaired) electrons. The Balaban J connectivity index is 1.92. The van der Waals surface area contributed by atoms with E-state index in [1.54, 1.807) is 7.11 Å². The van der Waals surface area contributed by atoms with Crippen molar-refractivity contribution in [3.63, 3.8) is 0 Å². The first-order valence-electron chi connectivity index (χ1n) is 9.85. The molecule has 1 aliphatic heterocycles. The van der Waals surface area contributed by atoms with Crippen molar-refractivity contribution in [3.05, 3.63) is 45.8 Å². The topological polar surface area (TPSA) is 64.5 Å². The van der Waals surface area contributed by atoms with Crippen LogP contribution in [0.15, 0.2) is 24.3 Å². The predicted octanol–water partition coefficient (Wildman–Crippen LogP) is 4.49. The molecule has 0 bridgehead atoms. The van der Waals surface area contributed by atoms with Crippen LogP contribution >= 0.6 is 11.3 Å². The molecule has 156 valence electrons. The van der Waals surface area contributed by atoms with Gasteiger partial charge in [-0.25, -0.2) is 4.79 Å². The molecule has 6 nitrogen and oxygen atoms in total. The summed E-state index contributed by atoms with van der Waals surface area (Å²) in [5, 5.41) is 9.10. The summed E-state index contributed by atoms with van der Waals surface area (Å²) in [5.74, 6) is 0.426. The largest absolute Gasteiger partial charge is 0.496 e. The number of thiophene rings is 1. The van der Waals surface area contributed by atoms with Gasteiger partial charge in [-0.2, -0.15) is 0 Å². The first kappa shape index (κ1) is 20.5. The van der Waals surface area contributed by atoms with Gasteiger partial charge >= 0.3 is 5.97 Å². The maximum absolute atomic E-state index is 12.6. The summed E-state index contributed by atoms with van der Waals surface area (Å²) in [5.41, 5.74) is 6.54. The van der Waals surface area contributed by atoms with E-state index < -0.39 is 0 Å². The maximum Gasteiger partial charge on any atom is 0.348 e. The van der Waals surface area contributed by atoms with Gasteiger partial charge in [0.25, 0.3) is 0 Å². The zero-order valence-corrected chi connectivity index (χ0v) is 18.7. The third kappa shape index (κ3) is 3.59. The summed E-state index contributed by atoms with van der Waals surface area (Å²) in [6.45, 7) is 5.85. The SMILES string of the molecule is COC(=O)c1sc2cc(-c3c(C)cc(C)cc3OC)nnc2c1C1=CCCN(C)C1. The highest BCUT2D eigenvalue weighted by Crippen LogP contribution is 2.39. The van der Waals surface area contributed by atoms with Gasteiger partial charge in [0.05, 0.1) is 24.6 Å². The minimum absolute atomic E-state index is 0.340. The minimum atomic E-state index is -0.340. The fraction of sp³-hybridized carbons (Fsp3) is 0.348. The number of aryl methyl sites for hydroxylation is 2. The van der Waals surface area contributed by atoms with Gasteiger partial charge in [-0.05, 0) is 56.1 Å². The predicted molar refractivity (Wildman–Crippen MR) is 120 cm³/mol. The number of nitrogens with zero attached hydrogens (tertiary/aromatic N) is 3. The molecular formula is C23H25N3O3S. The zero-order chi connectivity index (χ0) is 21.4. The second-order valence-electron chi connectivity index (χ2n) is 7.66. The average Bonchev–Trinajstić information content (AvgIpc) is 3.11. The Morgan fingerprint density at radius 2 is 1.93 bits per heavy atom. The number of carbonyl (C=O) groups is 1. The van der Waals surface area contributed by atoms with Crippen molar-refractivity contribution in [1.29, 1.82) is 0 Å². The van der Waals surface area contributed by atoms with E-state index in [0.29, 0.717) is 4.88 Å². The molecule has 3 heterocycles. The number of esters is 1. The van der Waals surface area contributed by atoms with Crippen LogP contribution in [0.3, 0.4) is 0 Å². The van der Waals surface area contributed by atoms with Crippen LogP contribution in [0.4, 0.5) is 0 Å². The quantitative estimate of drug-likeness (QED) is 0.576. The van der Waals surface area contributed by atoms with Gasteiger partial charge in [-0.3, -0.25) is 0 Å². The van der Waals surface area contributed by atoms with Crippen LogP contribution in [-0.4, -0.2) is 55.4 Å².